The van der Waals surface area contributed by atoms with Crippen LogP contribution in [0, 0.1) is 0 Å². The van der Waals surface area contributed by atoms with Crippen molar-refractivity contribution in [2.45, 2.75) is 54.7 Å². The van der Waals surface area contributed by atoms with Gasteiger partial charge >= 0.3 is 0 Å². The maximum atomic E-state index is 13.3. The van der Waals surface area contributed by atoms with Crippen molar-refractivity contribution in [1.29, 1.82) is 0 Å². The van der Waals surface area contributed by atoms with Crippen LogP contribution in [0.1, 0.15) is 44.0 Å². The normalized spacial score (nSPS) is 19.5. The van der Waals surface area contributed by atoms with Gasteiger partial charge in [-0.25, -0.2) is 26.9 Å². The minimum Gasteiger partial charge on any atom is -0.370 e. The van der Waals surface area contributed by atoms with Crippen molar-refractivity contribution in [3.63, 3.8) is 0 Å². The first-order valence-corrected chi connectivity index (χ1v) is 15.2. The van der Waals surface area contributed by atoms with E-state index in [1.165, 1.54) is 10.6 Å². The van der Waals surface area contributed by atoms with Crippen LogP contribution in [-0.2, 0) is 20.8 Å². The Kier molecular flexibility index (Phi) is 6.39. The fraction of sp³-hybridized carbons (Fsp3) is 0.550. The molecule has 1 atom stereocenters. The van der Waals surface area contributed by atoms with Gasteiger partial charge in [-0.2, -0.15) is 0 Å². The summed E-state index contributed by atoms with van der Waals surface area (Å²) in [6, 6.07) is 1.56. The van der Waals surface area contributed by atoms with E-state index in [0.29, 0.717) is 48.5 Å². The second-order valence-electron chi connectivity index (χ2n) is 9.10. The number of nitrogens with one attached hydrogen (secondary N) is 1. The number of anilines is 1. The average molecular weight is 565 g/mol. The molecule has 1 N–H and O–H groups in total. The molecule has 9 nitrogen and oxygen atoms in total. The number of sulfonamides is 1. The Hall–Kier alpha value is -1.74. The third-order valence-corrected chi connectivity index (χ3v) is 10.6. The highest BCUT2D eigenvalue weighted by molar-refractivity contribution is 7.89. The zero-order valence-electron chi connectivity index (χ0n) is 18.9. The van der Waals surface area contributed by atoms with Crippen molar-refractivity contribution >= 4 is 55.0 Å². The lowest BCUT2D eigenvalue weighted by Crippen LogP contribution is -2.38. The van der Waals surface area contributed by atoms with Crippen molar-refractivity contribution in [2.75, 3.05) is 24.2 Å². The molecule has 190 valence electrons. The van der Waals surface area contributed by atoms with E-state index < -0.39 is 37.8 Å². The summed E-state index contributed by atoms with van der Waals surface area (Å²) in [6.45, 7) is 2.95. The lowest BCUT2D eigenvalue weighted by Gasteiger charge is -2.33. The molecule has 1 aliphatic heterocycles. The van der Waals surface area contributed by atoms with Crippen LogP contribution >= 0.6 is 22.9 Å². The first kappa shape index (κ1) is 24.9. The van der Waals surface area contributed by atoms with E-state index in [9.17, 15) is 21.4 Å². The summed E-state index contributed by atoms with van der Waals surface area (Å²) in [5.41, 5.74) is 0.512. The van der Waals surface area contributed by atoms with Crippen LogP contribution in [0.5, 0.6) is 0 Å². The van der Waals surface area contributed by atoms with E-state index in [1.807, 2.05) is 11.8 Å². The Labute approximate surface area is 212 Å². The van der Waals surface area contributed by atoms with E-state index in [1.54, 1.807) is 12.3 Å². The molecule has 2 aliphatic rings. The van der Waals surface area contributed by atoms with Crippen molar-refractivity contribution in [1.82, 2.24) is 24.3 Å². The molecule has 0 radical (unpaired) electrons. The highest BCUT2D eigenvalue weighted by Gasteiger charge is 2.41. The van der Waals surface area contributed by atoms with Gasteiger partial charge in [0.15, 0.2) is 21.0 Å². The van der Waals surface area contributed by atoms with Crippen LogP contribution in [0.4, 0.5) is 14.5 Å². The van der Waals surface area contributed by atoms with Crippen LogP contribution in [0.2, 0.25) is 5.15 Å². The number of aromatic nitrogens is 4. The van der Waals surface area contributed by atoms with Gasteiger partial charge in [0.25, 0.3) is 6.43 Å². The van der Waals surface area contributed by atoms with Gasteiger partial charge < -0.3 is 4.90 Å². The Morgan fingerprint density at radius 2 is 1.97 bits per heavy atom. The fourth-order valence-electron chi connectivity index (χ4n) is 4.18. The van der Waals surface area contributed by atoms with Crippen LogP contribution in [0.3, 0.4) is 0 Å². The molecule has 5 rings (SSSR count). The molecule has 1 unspecified atom stereocenters. The number of hydrogen-bond acceptors (Lipinski definition) is 8. The summed E-state index contributed by atoms with van der Waals surface area (Å²) in [7, 11) is -4.85. The molecule has 0 bridgehead atoms. The number of piperidine rings is 1. The molecule has 0 aromatic carbocycles. The predicted octanol–water partition coefficient (Wildman–Crippen LogP) is 3.62. The quantitative estimate of drug-likeness (QED) is 0.467. The minimum atomic E-state index is -3.90. The Bertz CT molecular complexity index is 1410. The van der Waals surface area contributed by atoms with Gasteiger partial charge in [0, 0.05) is 47.1 Å². The standard InChI is InChI=1S/C20H23ClF2N6O3S3/c1-20(5-6-20)27-35(31,32)12-9-13(28-7-3-11(4-8-28)34(2)30)14-15(21)24-17(29(14)10-12)19-26-25-18(33-19)16(22)23/h9-11,16,27H,3-8H2,1-2H3. The first-order chi connectivity index (χ1) is 16.5. The van der Waals surface area contributed by atoms with Gasteiger partial charge in [-0.3, -0.25) is 8.61 Å². The van der Waals surface area contributed by atoms with Gasteiger partial charge in [0.2, 0.25) is 10.0 Å². The van der Waals surface area contributed by atoms with Gasteiger partial charge in [-0.1, -0.05) is 22.9 Å². The van der Waals surface area contributed by atoms with Gasteiger partial charge in [-0.05, 0) is 38.7 Å². The van der Waals surface area contributed by atoms with Crippen LogP contribution < -0.4 is 9.62 Å². The number of fused-ring (bicyclic) bond motifs is 1. The monoisotopic (exact) mass is 564 g/mol. The minimum absolute atomic E-state index is 0.00299. The number of rotatable bonds is 7. The van der Waals surface area contributed by atoms with Gasteiger partial charge in [0.1, 0.15) is 10.4 Å². The number of hydrogen-bond donors (Lipinski definition) is 1. The number of imidazole rings is 1. The van der Waals surface area contributed by atoms with E-state index in [0.717, 1.165) is 12.8 Å². The zero-order valence-corrected chi connectivity index (χ0v) is 22.1. The number of nitrogens with zero attached hydrogens (tertiary/aromatic N) is 5. The summed E-state index contributed by atoms with van der Waals surface area (Å²) < 4.78 is 69.0. The molecule has 35 heavy (non-hydrogen) atoms. The lowest BCUT2D eigenvalue weighted by atomic mass is 10.1. The van der Waals surface area contributed by atoms with Gasteiger partial charge in [0.05, 0.1) is 5.69 Å². The maximum absolute atomic E-state index is 13.3. The largest absolute Gasteiger partial charge is 0.370 e. The molecular formula is C20H23ClF2N6O3S3. The van der Waals surface area contributed by atoms with Crippen molar-refractivity contribution in [3.8, 4) is 10.8 Å². The summed E-state index contributed by atoms with van der Waals surface area (Å²) in [5, 5.41) is 7.16. The molecule has 3 aromatic heterocycles. The van der Waals surface area contributed by atoms with E-state index >= 15 is 0 Å². The second kappa shape index (κ2) is 8.98. The maximum Gasteiger partial charge on any atom is 0.291 e. The number of pyridine rings is 1. The molecule has 1 aliphatic carbocycles. The molecule has 1 saturated carbocycles. The average Bonchev–Trinajstić information content (AvgIpc) is 3.20. The third-order valence-electron chi connectivity index (χ3n) is 6.41. The lowest BCUT2D eigenvalue weighted by molar-refractivity contribution is 0.150. The summed E-state index contributed by atoms with van der Waals surface area (Å²) in [6.07, 6.45) is 3.12. The topological polar surface area (TPSA) is 110 Å². The van der Waals surface area contributed by atoms with Crippen LogP contribution in [0.25, 0.3) is 16.3 Å². The number of alkyl halides is 2. The molecule has 4 heterocycles. The second-order valence-corrected chi connectivity index (χ2v) is 13.8. The number of halogens is 3. The Balaban J connectivity index is 1.65. The SMILES string of the molecule is CS(=O)C1CCN(c2cc(S(=O)(=O)NC3(C)CC3)cn3c(-c4nnc(C(F)F)s4)nc(Cl)c23)CC1. The smallest absolute Gasteiger partial charge is 0.291 e. The van der Waals surface area contributed by atoms with Crippen molar-refractivity contribution in [2.24, 2.45) is 0 Å². The molecule has 1 saturated heterocycles. The highest BCUT2D eigenvalue weighted by atomic mass is 35.5. The van der Waals surface area contributed by atoms with Gasteiger partial charge in [-0.15, -0.1) is 10.2 Å². The van der Waals surface area contributed by atoms with Crippen LogP contribution in [0.15, 0.2) is 17.2 Å². The van der Waals surface area contributed by atoms with E-state index in [-0.39, 0.29) is 26.1 Å². The van der Waals surface area contributed by atoms with E-state index in [2.05, 4.69) is 19.9 Å². The highest BCUT2D eigenvalue weighted by Crippen LogP contribution is 2.39. The molecular weight excluding hydrogens is 542 g/mol. The van der Waals surface area contributed by atoms with Crippen LogP contribution in [-0.4, -0.2) is 62.3 Å². The Morgan fingerprint density at radius 3 is 2.54 bits per heavy atom. The molecule has 15 heteroatoms. The Morgan fingerprint density at radius 1 is 1.29 bits per heavy atom. The first-order valence-electron chi connectivity index (χ1n) is 10.9. The van der Waals surface area contributed by atoms with Crippen molar-refractivity contribution < 1.29 is 21.4 Å². The molecule has 2 fully saturated rings. The third kappa shape index (κ3) is 4.82. The summed E-state index contributed by atoms with van der Waals surface area (Å²) in [4.78, 5) is 6.34. The summed E-state index contributed by atoms with van der Waals surface area (Å²) >= 11 is 7.19. The predicted molar refractivity (Wildman–Crippen MR) is 131 cm³/mol. The fourth-order valence-corrected chi connectivity index (χ4v) is 7.49. The van der Waals surface area contributed by atoms with Crippen molar-refractivity contribution in [3.05, 3.63) is 22.4 Å². The van der Waals surface area contributed by atoms with E-state index in [4.69, 9.17) is 11.6 Å². The zero-order chi connectivity index (χ0) is 25.1. The molecule has 0 amide bonds. The molecule has 3 aromatic rings. The molecule has 0 spiro atoms. The summed E-state index contributed by atoms with van der Waals surface area (Å²) in [5.74, 6) is 0.134.